The molecule has 106 valence electrons. The largest absolute Gasteiger partial charge is 0.397 e. The van der Waals surface area contributed by atoms with Gasteiger partial charge >= 0.3 is 0 Å². The van der Waals surface area contributed by atoms with E-state index in [1.807, 2.05) is 13.0 Å². The molecule has 4 nitrogen and oxygen atoms in total. The predicted octanol–water partition coefficient (Wildman–Crippen LogP) is 2.93. The van der Waals surface area contributed by atoms with Crippen molar-refractivity contribution in [1.29, 1.82) is 0 Å². The fourth-order valence-corrected chi connectivity index (χ4v) is 3.57. The molecule has 0 saturated heterocycles. The summed E-state index contributed by atoms with van der Waals surface area (Å²) in [7, 11) is 0. The van der Waals surface area contributed by atoms with E-state index in [4.69, 9.17) is 5.73 Å². The quantitative estimate of drug-likeness (QED) is 0.777. The Kier molecular flexibility index (Phi) is 4.69. The first-order chi connectivity index (χ1) is 9.10. The first-order valence-corrected chi connectivity index (χ1v) is 7.83. The molecule has 1 amide bonds. The van der Waals surface area contributed by atoms with E-state index in [0.717, 1.165) is 23.4 Å². The second-order valence-electron chi connectivity index (χ2n) is 5.42. The number of amides is 1. The van der Waals surface area contributed by atoms with Crippen LogP contribution in [-0.2, 0) is 0 Å². The summed E-state index contributed by atoms with van der Waals surface area (Å²) in [5, 5.41) is 7.20. The average molecular weight is 281 g/mol. The lowest BCUT2D eigenvalue weighted by Gasteiger charge is -2.10. The summed E-state index contributed by atoms with van der Waals surface area (Å²) in [5.41, 5.74) is 6.46. The molecule has 19 heavy (non-hydrogen) atoms. The first kappa shape index (κ1) is 14.2. The number of hydrogen-bond acceptors (Lipinski definition) is 4. The molecule has 1 aliphatic carbocycles. The summed E-state index contributed by atoms with van der Waals surface area (Å²) < 4.78 is 0. The predicted molar refractivity (Wildman–Crippen MR) is 81.7 cm³/mol. The summed E-state index contributed by atoms with van der Waals surface area (Å²) in [6.07, 6.45) is 3.94. The summed E-state index contributed by atoms with van der Waals surface area (Å²) >= 11 is 1.44. The van der Waals surface area contributed by atoms with Crippen molar-refractivity contribution in [3.63, 3.8) is 0 Å². The molecule has 1 aromatic heterocycles. The molecular formula is C14H23N3OS. The molecule has 0 radical (unpaired) electrons. The standard InChI is InChI=1S/C14H23N3OS/c1-3-16-14(18)13-11(15)7-12(19-13)17-8-10-5-4-9(2)6-10/h7,9-10,17H,3-6,8,15H2,1-2H3,(H,16,18). The molecule has 1 heterocycles. The molecule has 0 bridgehead atoms. The van der Waals surface area contributed by atoms with Crippen LogP contribution in [0.25, 0.3) is 0 Å². The summed E-state index contributed by atoms with van der Waals surface area (Å²) in [6, 6.07) is 1.87. The third-order valence-corrected chi connectivity index (χ3v) is 4.78. The molecule has 4 N–H and O–H groups in total. The van der Waals surface area contributed by atoms with Gasteiger partial charge in [-0.2, -0.15) is 0 Å². The number of carbonyl (C=O) groups excluding carboxylic acids is 1. The Morgan fingerprint density at radius 1 is 1.53 bits per heavy atom. The highest BCUT2D eigenvalue weighted by molar-refractivity contribution is 7.18. The summed E-state index contributed by atoms with van der Waals surface area (Å²) in [6.45, 7) is 5.83. The Balaban J connectivity index is 1.91. The normalized spacial score (nSPS) is 22.4. The molecule has 2 atom stereocenters. The van der Waals surface area contributed by atoms with E-state index in [2.05, 4.69) is 17.6 Å². The fourth-order valence-electron chi connectivity index (χ4n) is 2.67. The fraction of sp³-hybridized carbons (Fsp3) is 0.643. The number of hydrogen-bond donors (Lipinski definition) is 3. The molecule has 0 aliphatic heterocycles. The van der Waals surface area contributed by atoms with Crippen LogP contribution in [0.5, 0.6) is 0 Å². The van der Waals surface area contributed by atoms with E-state index < -0.39 is 0 Å². The zero-order chi connectivity index (χ0) is 13.8. The lowest BCUT2D eigenvalue weighted by atomic mass is 10.1. The van der Waals surface area contributed by atoms with Gasteiger partial charge in [0.25, 0.3) is 5.91 Å². The van der Waals surface area contributed by atoms with E-state index >= 15 is 0 Å². The number of thiophene rings is 1. The second kappa shape index (κ2) is 6.28. The molecule has 1 fully saturated rings. The van der Waals surface area contributed by atoms with E-state index in [1.165, 1.54) is 30.6 Å². The van der Waals surface area contributed by atoms with Gasteiger partial charge in [-0.05, 0) is 37.7 Å². The van der Waals surface area contributed by atoms with Gasteiger partial charge in [-0.25, -0.2) is 0 Å². The van der Waals surface area contributed by atoms with Crippen LogP contribution in [0.1, 0.15) is 42.8 Å². The highest BCUT2D eigenvalue weighted by Gasteiger charge is 2.21. The van der Waals surface area contributed by atoms with Crippen LogP contribution in [0.2, 0.25) is 0 Å². The van der Waals surface area contributed by atoms with Gasteiger partial charge in [-0.1, -0.05) is 13.3 Å². The summed E-state index contributed by atoms with van der Waals surface area (Å²) in [5.74, 6) is 1.53. The maximum atomic E-state index is 11.8. The van der Waals surface area contributed by atoms with Crippen LogP contribution < -0.4 is 16.4 Å². The zero-order valence-corrected chi connectivity index (χ0v) is 12.5. The van der Waals surface area contributed by atoms with Gasteiger partial charge < -0.3 is 16.4 Å². The molecule has 5 heteroatoms. The van der Waals surface area contributed by atoms with Gasteiger partial charge in [-0.3, -0.25) is 4.79 Å². The van der Waals surface area contributed by atoms with Crippen molar-refractivity contribution >= 4 is 27.9 Å². The molecule has 2 unspecified atom stereocenters. The van der Waals surface area contributed by atoms with Gasteiger partial charge in [0, 0.05) is 13.1 Å². The van der Waals surface area contributed by atoms with Crippen LogP contribution in [0.3, 0.4) is 0 Å². The lowest BCUT2D eigenvalue weighted by Crippen LogP contribution is -2.22. The van der Waals surface area contributed by atoms with Crippen LogP contribution >= 0.6 is 11.3 Å². The van der Waals surface area contributed by atoms with Gasteiger partial charge in [0.05, 0.1) is 10.7 Å². The third kappa shape index (κ3) is 3.62. The maximum Gasteiger partial charge on any atom is 0.263 e. The number of anilines is 2. The van der Waals surface area contributed by atoms with Gasteiger partial charge in [-0.15, -0.1) is 11.3 Å². The van der Waals surface area contributed by atoms with Gasteiger partial charge in [0.1, 0.15) is 4.88 Å². The lowest BCUT2D eigenvalue weighted by molar-refractivity contribution is 0.0960. The van der Waals surface area contributed by atoms with E-state index in [0.29, 0.717) is 17.1 Å². The molecule has 1 aliphatic rings. The monoisotopic (exact) mass is 281 g/mol. The van der Waals surface area contributed by atoms with Crippen LogP contribution in [0.15, 0.2) is 6.07 Å². The zero-order valence-electron chi connectivity index (χ0n) is 11.7. The van der Waals surface area contributed by atoms with E-state index in [9.17, 15) is 4.79 Å². The van der Waals surface area contributed by atoms with Crippen molar-refractivity contribution in [2.45, 2.75) is 33.1 Å². The minimum atomic E-state index is -0.0764. The molecule has 1 aromatic rings. The number of rotatable bonds is 5. The molecule has 1 saturated carbocycles. The topological polar surface area (TPSA) is 67.2 Å². The minimum absolute atomic E-state index is 0.0764. The smallest absolute Gasteiger partial charge is 0.263 e. The van der Waals surface area contributed by atoms with Crippen LogP contribution in [-0.4, -0.2) is 19.0 Å². The molecule has 2 rings (SSSR count). The number of carbonyl (C=O) groups is 1. The summed E-state index contributed by atoms with van der Waals surface area (Å²) in [4.78, 5) is 12.4. The number of nitrogens with two attached hydrogens (primary N) is 1. The molecular weight excluding hydrogens is 258 g/mol. The van der Waals surface area contributed by atoms with E-state index in [-0.39, 0.29) is 5.91 Å². The Labute approximate surface area is 118 Å². The second-order valence-corrected chi connectivity index (χ2v) is 6.47. The molecule has 0 aromatic carbocycles. The third-order valence-electron chi connectivity index (χ3n) is 3.67. The van der Waals surface area contributed by atoms with Crippen molar-refractivity contribution in [2.75, 3.05) is 24.1 Å². The SMILES string of the molecule is CCNC(=O)c1sc(NCC2CCC(C)C2)cc1N. The van der Waals surface area contributed by atoms with Crippen LogP contribution in [0.4, 0.5) is 10.7 Å². The van der Waals surface area contributed by atoms with Crippen LogP contribution in [0, 0.1) is 11.8 Å². The van der Waals surface area contributed by atoms with E-state index in [1.54, 1.807) is 0 Å². The highest BCUT2D eigenvalue weighted by Crippen LogP contribution is 2.33. The number of nitrogen functional groups attached to an aromatic ring is 1. The van der Waals surface area contributed by atoms with Crippen molar-refractivity contribution in [1.82, 2.24) is 5.32 Å². The maximum absolute atomic E-state index is 11.8. The van der Waals surface area contributed by atoms with Gasteiger partial charge in [0.2, 0.25) is 0 Å². The van der Waals surface area contributed by atoms with Crippen molar-refractivity contribution in [2.24, 2.45) is 11.8 Å². The Bertz CT molecular complexity index is 444. The molecule has 0 spiro atoms. The van der Waals surface area contributed by atoms with Crippen molar-refractivity contribution in [3.8, 4) is 0 Å². The Hall–Kier alpha value is -1.23. The van der Waals surface area contributed by atoms with Crippen molar-refractivity contribution in [3.05, 3.63) is 10.9 Å². The minimum Gasteiger partial charge on any atom is -0.397 e. The Morgan fingerprint density at radius 2 is 2.32 bits per heavy atom. The van der Waals surface area contributed by atoms with Gasteiger partial charge in [0.15, 0.2) is 0 Å². The average Bonchev–Trinajstić information content (AvgIpc) is 2.93. The number of nitrogens with one attached hydrogen (secondary N) is 2. The highest BCUT2D eigenvalue weighted by atomic mass is 32.1. The first-order valence-electron chi connectivity index (χ1n) is 7.01. The van der Waals surface area contributed by atoms with Crippen molar-refractivity contribution < 1.29 is 4.79 Å². The Morgan fingerprint density at radius 3 is 2.95 bits per heavy atom.